The molecule has 1 rings (SSSR count). The van der Waals surface area contributed by atoms with Gasteiger partial charge in [0.2, 0.25) is 0 Å². The summed E-state index contributed by atoms with van der Waals surface area (Å²) in [7, 11) is 0. The zero-order chi connectivity index (χ0) is 8.27. The SMILES string of the molecule is CC(C)C(=S)Nc1ccco1. The summed E-state index contributed by atoms with van der Waals surface area (Å²) >= 11 is 5.05. The molecule has 0 fully saturated rings. The lowest BCUT2D eigenvalue weighted by molar-refractivity contribution is 0.585. The van der Waals surface area contributed by atoms with Crippen molar-refractivity contribution in [2.45, 2.75) is 13.8 Å². The Morgan fingerprint density at radius 2 is 2.36 bits per heavy atom. The minimum absolute atomic E-state index is 0.357. The molecule has 0 aliphatic carbocycles. The number of anilines is 1. The average Bonchev–Trinajstić information content (AvgIpc) is 2.39. The van der Waals surface area contributed by atoms with Crippen molar-refractivity contribution in [3.63, 3.8) is 0 Å². The molecule has 1 N–H and O–H groups in total. The summed E-state index contributed by atoms with van der Waals surface area (Å²) in [6.45, 7) is 4.08. The maximum atomic E-state index is 5.06. The Morgan fingerprint density at radius 1 is 1.64 bits per heavy atom. The summed E-state index contributed by atoms with van der Waals surface area (Å²) in [6.07, 6.45) is 1.62. The minimum atomic E-state index is 0.357. The van der Waals surface area contributed by atoms with Gasteiger partial charge in [-0.15, -0.1) is 0 Å². The van der Waals surface area contributed by atoms with Crippen molar-refractivity contribution in [1.82, 2.24) is 0 Å². The first-order valence-electron chi connectivity index (χ1n) is 3.54. The van der Waals surface area contributed by atoms with Crippen molar-refractivity contribution < 1.29 is 4.42 Å². The highest BCUT2D eigenvalue weighted by molar-refractivity contribution is 7.80. The lowest BCUT2D eigenvalue weighted by Crippen LogP contribution is -2.14. The summed E-state index contributed by atoms with van der Waals surface area (Å²) in [5.74, 6) is 1.07. The van der Waals surface area contributed by atoms with Crippen LogP contribution in [0.5, 0.6) is 0 Å². The second kappa shape index (κ2) is 3.53. The predicted molar refractivity (Wildman–Crippen MR) is 49.8 cm³/mol. The zero-order valence-electron chi connectivity index (χ0n) is 6.63. The highest BCUT2D eigenvalue weighted by atomic mass is 32.1. The average molecular weight is 169 g/mol. The first-order chi connectivity index (χ1) is 5.20. The fraction of sp³-hybridized carbons (Fsp3) is 0.375. The summed E-state index contributed by atoms with van der Waals surface area (Å²) < 4.78 is 5.06. The standard InChI is InChI=1S/C8H11NOS/c1-6(2)8(11)9-7-4-3-5-10-7/h3-6H,1-2H3,(H,9,11). The first kappa shape index (κ1) is 8.27. The van der Waals surface area contributed by atoms with E-state index >= 15 is 0 Å². The highest BCUT2D eigenvalue weighted by Crippen LogP contribution is 2.09. The maximum Gasteiger partial charge on any atom is 0.197 e. The molecule has 0 saturated carbocycles. The second-order valence-corrected chi connectivity index (χ2v) is 3.06. The van der Waals surface area contributed by atoms with Crippen LogP contribution in [0.3, 0.4) is 0 Å². The van der Waals surface area contributed by atoms with Gasteiger partial charge in [0.1, 0.15) is 0 Å². The van der Waals surface area contributed by atoms with E-state index in [1.54, 1.807) is 6.26 Å². The van der Waals surface area contributed by atoms with E-state index < -0.39 is 0 Å². The van der Waals surface area contributed by atoms with Crippen LogP contribution < -0.4 is 5.32 Å². The molecule has 0 amide bonds. The third kappa shape index (κ3) is 2.35. The monoisotopic (exact) mass is 169 g/mol. The molecule has 1 aromatic heterocycles. The van der Waals surface area contributed by atoms with Crippen LogP contribution in [-0.4, -0.2) is 4.99 Å². The molecule has 1 aromatic rings. The lowest BCUT2D eigenvalue weighted by Gasteiger charge is -2.06. The first-order valence-corrected chi connectivity index (χ1v) is 3.95. The number of rotatable bonds is 2. The Bertz CT molecular complexity index is 228. The Balaban J connectivity index is 2.50. The summed E-state index contributed by atoms with van der Waals surface area (Å²) in [6, 6.07) is 3.67. The van der Waals surface area contributed by atoms with Crippen molar-refractivity contribution >= 4 is 23.1 Å². The molecule has 0 bridgehead atoms. The van der Waals surface area contributed by atoms with E-state index in [1.165, 1.54) is 0 Å². The van der Waals surface area contributed by atoms with Gasteiger partial charge in [0, 0.05) is 12.0 Å². The van der Waals surface area contributed by atoms with Gasteiger partial charge in [-0.2, -0.15) is 0 Å². The zero-order valence-corrected chi connectivity index (χ0v) is 7.44. The molecular formula is C8H11NOS. The molecule has 2 nitrogen and oxygen atoms in total. The molecule has 0 spiro atoms. The molecule has 3 heteroatoms. The van der Waals surface area contributed by atoms with E-state index in [-0.39, 0.29) is 0 Å². The van der Waals surface area contributed by atoms with Gasteiger partial charge in [0.15, 0.2) is 5.88 Å². The number of thiocarbonyl (C=S) groups is 1. The van der Waals surface area contributed by atoms with E-state index in [2.05, 4.69) is 5.32 Å². The molecule has 0 atom stereocenters. The Morgan fingerprint density at radius 3 is 2.82 bits per heavy atom. The van der Waals surface area contributed by atoms with E-state index in [0.717, 1.165) is 4.99 Å². The molecule has 0 saturated heterocycles. The molecule has 0 aromatic carbocycles. The highest BCUT2D eigenvalue weighted by Gasteiger charge is 2.02. The van der Waals surface area contributed by atoms with Gasteiger partial charge in [-0.05, 0) is 6.07 Å². The largest absolute Gasteiger partial charge is 0.449 e. The lowest BCUT2D eigenvalue weighted by atomic mass is 10.2. The van der Waals surface area contributed by atoms with Gasteiger partial charge in [-0.3, -0.25) is 0 Å². The van der Waals surface area contributed by atoms with Gasteiger partial charge in [-0.1, -0.05) is 26.1 Å². The van der Waals surface area contributed by atoms with E-state index in [4.69, 9.17) is 16.6 Å². The molecule has 0 aliphatic heterocycles. The summed E-state index contributed by atoms with van der Waals surface area (Å²) in [4.78, 5) is 0.806. The second-order valence-electron chi connectivity index (χ2n) is 2.62. The predicted octanol–water partition coefficient (Wildman–Crippen LogP) is 2.67. The smallest absolute Gasteiger partial charge is 0.197 e. The van der Waals surface area contributed by atoms with E-state index in [9.17, 15) is 0 Å². The minimum Gasteiger partial charge on any atom is -0.449 e. The molecule has 1 heterocycles. The third-order valence-corrected chi connectivity index (χ3v) is 1.87. The van der Waals surface area contributed by atoms with Crippen LogP contribution in [0.2, 0.25) is 0 Å². The maximum absolute atomic E-state index is 5.06. The topological polar surface area (TPSA) is 25.2 Å². The normalized spacial score (nSPS) is 10.1. The van der Waals surface area contributed by atoms with E-state index in [0.29, 0.717) is 11.8 Å². The van der Waals surface area contributed by atoms with Crippen molar-refractivity contribution in [2.24, 2.45) is 5.92 Å². The van der Waals surface area contributed by atoms with Crippen molar-refractivity contribution in [3.8, 4) is 0 Å². The molecular weight excluding hydrogens is 158 g/mol. The van der Waals surface area contributed by atoms with Crippen molar-refractivity contribution in [3.05, 3.63) is 18.4 Å². The number of hydrogen-bond donors (Lipinski definition) is 1. The fourth-order valence-corrected chi connectivity index (χ4v) is 0.716. The van der Waals surface area contributed by atoms with Crippen LogP contribution in [0.4, 0.5) is 5.88 Å². The van der Waals surface area contributed by atoms with Gasteiger partial charge in [0.25, 0.3) is 0 Å². The number of furan rings is 1. The van der Waals surface area contributed by atoms with Crippen LogP contribution in [0, 0.1) is 5.92 Å². The Hall–Kier alpha value is -0.830. The van der Waals surface area contributed by atoms with Crippen molar-refractivity contribution in [2.75, 3.05) is 5.32 Å². The molecule has 60 valence electrons. The molecule has 0 radical (unpaired) electrons. The molecule has 11 heavy (non-hydrogen) atoms. The Labute approximate surface area is 71.6 Å². The number of hydrogen-bond acceptors (Lipinski definition) is 2. The van der Waals surface area contributed by atoms with Crippen LogP contribution in [0.25, 0.3) is 0 Å². The molecule has 0 unspecified atom stereocenters. The van der Waals surface area contributed by atoms with Crippen LogP contribution >= 0.6 is 12.2 Å². The van der Waals surface area contributed by atoms with Crippen molar-refractivity contribution in [1.29, 1.82) is 0 Å². The van der Waals surface area contributed by atoms with Gasteiger partial charge in [0.05, 0.1) is 11.3 Å². The summed E-state index contributed by atoms with van der Waals surface area (Å²) in [5.41, 5.74) is 0. The van der Waals surface area contributed by atoms with Gasteiger partial charge in [-0.25, -0.2) is 0 Å². The fourth-order valence-electron chi connectivity index (χ4n) is 0.615. The van der Waals surface area contributed by atoms with Gasteiger partial charge >= 0.3 is 0 Å². The number of nitrogens with one attached hydrogen (secondary N) is 1. The molecule has 0 aliphatic rings. The van der Waals surface area contributed by atoms with Crippen LogP contribution in [0.15, 0.2) is 22.8 Å². The van der Waals surface area contributed by atoms with Gasteiger partial charge < -0.3 is 9.73 Å². The summed E-state index contributed by atoms with van der Waals surface area (Å²) in [5, 5.41) is 2.99. The van der Waals surface area contributed by atoms with E-state index in [1.807, 2.05) is 26.0 Å². The van der Waals surface area contributed by atoms with Crippen LogP contribution in [0.1, 0.15) is 13.8 Å². The Kier molecular flexibility index (Phi) is 2.65. The quantitative estimate of drug-likeness (QED) is 0.689. The third-order valence-electron chi connectivity index (χ3n) is 1.29. The van der Waals surface area contributed by atoms with Crippen LogP contribution in [-0.2, 0) is 0 Å².